The highest BCUT2D eigenvalue weighted by Gasteiger charge is 2.49. The third kappa shape index (κ3) is 3.88. The second-order valence-electron chi connectivity index (χ2n) is 9.59. The molecule has 30 heavy (non-hydrogen) atoms. The van der Waals surface area contributed by atoms with Gasteiger partial charge in [0.2, 0.25) is 0 Å². The first-order valence-corrected chi connectivity index (χ1v) is 11.2. The standard InChI is InChI=1S/C23H29F3N4/c24-23(25,26)19-7-3-2-6-18(19)13-29-14-20(22(15-29)10-4-1-5-11-22)21-28-27-16-30(21)12-17-8-9-17/h2-3,6-7,16-17,20H,1,4-5,8-15H2. The van der Waals surface area contributed by atoms with Gasteiger partial charge in [0.05, 0.1) is 5.56 Å². The van der Waals surface area contributed by atoms with Gasteiger partial charge in [-0.2, -0.15) is 13.2 Å². The van der Waals surface area contributed by atoms with Gasteiger partial charge in [-0.05, 0) is 48.6 Å². The lowest BCUT2D eigenvalue weighted by atomic mass is 9.67. The first kappa shape index (κ1) is 20.0. The molecule has 7 heteroatoms. The van der Waals surface area contributed by atoms with Crippen molar-refractivity contribution in [1.82, 2.24) is 19.7 Å². The van der Waals surface area contributed by atoms with E-state index in [0.29, 0.717) is 12.1 Å². The molecule has 1 spiro atoms. The molecule has 3 aliphatic rings. The van der Waals surface area contributed by atoms with Gasteiger partial charge in [-0.15, -0.1) is 10.2 Å². The maximum atomic E-state index is 13.5. The van der Waals surface area contributed by atoms with E-state index in [1.54, 1.807) is 12.1 Å². The fraction of sp³-hybridized carbons (Fsp3) is 0.652. The van der Waals surface area contributed by atoms with Crippen LogP contribution in [0, 0.1) is 11.3 Å². The summed E-state index contributed by atoms with van der Waals surface area (Å²) >= 11 is 0. The van der Waals surface area contributed by atoms with Gasteiger partial charge in [0.25, 0.3) is 0 Å². The van der Waals surface area contributed by atoms with E-state index in [4.69, 9.17) is 0 Å². The van der Waals surface area contributed by atoms with Crippen LogP contribution in [0.5, 0.6) is 0 Å². The van der Waals surface area contributed by atoms with Gasteiger partial charge in [0.1, 0.15) is 12.2 Å². The van der Waals surface area contributed by atoms with Gasteiger partial charge in [-0.1, -0.05) is 37.5 Å². The summed E-state index contributed by atoms with van der Waals surface area (Å²) in [5.41, 5.74) is -0.0288. The fourth-order valence-corrected chi connectivity index (χ4v) is 5.74. The maximum Gasteiger partial charge on any atom is 0.416 e. The Hall–Kier alpha value is -1.89. The highest BCUT2D eigenvalue weighted by Crippen LogP contribution is 2.52. The normalized spacial score (nSPS) is 24.6. The van der Waals surface area contributed by atoms with Crippen LogP contribution >= 0.6 is 0 Å². The Bertz CT molecular complexity index is 881. The van der Waals surface area contributed by atoms with E-state index in [-0.39, 0.29) is 11.3 Å². The second-order valence-corrected chi connectivity index (χ2v) is 9.59. The van der Waals surface area contributed by atoms with Gasteiger partial charge >= 0.3 is 6.18 Å². The Kier molecular flexibility index (Phi) is 5.12. The molecule has 4 nitrogen and oxygen atoms in total. The van der Waals surface area contributed by atoms with Crippen LogP contribution in [0.25, 0.3) is 0 Å². The van der Waals surface area contributed by atoms with Crippen molar-refractivity contribution < 1.29 is 13.2 Å². The van der Waals surface area contributed by atoms with Gasteiger partial charge in [-0.25, -0.2) is 0 Å². The highest BCUT2D eigenvalue weighted by molar-refractivity contribution is 5.30. The largest absolute Gasteiger partial charge is 0.416 e. The number of nitrogens with zero attached hydrogens (tertiary/aromatic N) is 4. The number of halogens is 3. The number of rotatable bonds is 5. The molecule has 3 fully saturated rings. The highest BCUT2D eigenvalue weighted by atomic mass is 19.4. The van der Waals surface area contributed by atoms with Crippen molar-refractivity contribution >= 4 is 0 Å². The van der Waals surface area contributed by atoms with Crippen molar-refractivity contribution in [2.45, 2.75) is 70.1 Å². The van der Waals surface area contributed by atoms with Crippen LogP contribution in [0.1, 0.15) is 67.8 Å². The van der Waals surface area contributed by atoms with Crippen LogP contribution < -0.4 is 0 Å². The quantitative estimate of drug-likeness (QED) is 0.665. The number of alkyl halides is 3. The number of likely N-dealkylation sites (tertiary alicyclic amines) is 1. The van der Waals surface area contributed by atoms with E-state index in [1.807, 2.05) is 6.33 Å². The summed E-state index contributed by atoms with van der Waals surface area (Å²) < 4.78 is 42.8. The van der Waals surface area contributed by atoms with E-state index in [2.05, 4.69) is 19.7 Å². The number of hydrogen-bond donors (Lipinski definition) is 0. The lowest BCUT2D eigenvalue weighted by Gasteiger charge is -2.38. The summed E-state index contributed by atoms with van der Waals surface area (Å²) in [4.78, 5) is 2.23. The van der Waals surface area contributed by atoms with Crippen LogP contribution in [-0.2, 0) is 19.3 Å². The molecule has 1 aromatic carbocycles. The van der Waals surface area contributed by atoms with Crippen LogP contribution in [-0.4, -0.2) is 32.8 Å². The van der Waals surface area contributed by atoms with E-state index < -0.39 is 11.7 Å². The molecule has 162 valence electrons. The average molecular weight is 419 g/mol. The molecule has 0 radical (unpaired) electrons. The van der Waals surface area contributed by atoms with Crippen molar-refractivity contribution in [3.8, 4) is 0 Å². The molecule has 0 amide bonds. The Labute approximate surface area is 175 Å². The third-order valence-corrected chi connectivity index (χ3v) is 7.39. The summed E-state index contributed by atoms with van der Waals surface area (Å²) in [5.74, 6) is 2.03. The first-order valence-electron chi connectivity index (χ1n) is 11.2. The molecule has 1 saturated heterocycles. The molecule has 1 unspecified atom stereocenters. The zero-order chi connectivity index (χ0) is 20.8. The zero-order valence-corrected chi connectivity index (χ0v) is 17.2. The molecular weight excluding hydrogens is 389 g/mol. The zero-order valence-electron chi connectivity index (χ0n) is 17.2. The molecule has 1 aromatic heterocycles. The minimum absolute atomic E-state index is 0.111. The van der Waals surface area contributed by atoms with Gasteiger partial charge in [0, 0.05) is 32.1 Å². The summed E-state index contributed by atoms with van der Waals surface area (Å²) in [6.45, 7) is 2.92. The topological polar surface area (TPSA) is 34.0 Å². The molecule has 5 rings (SSSR count). The van der Waals surface area contributed by atoms with Crippen LogP contribution in [0.4, 0.5) is 13.2 Å². The molecule has 0 N–H and O–H groups in total. The Balaban J connectivity index is 1.42. The van der Waals surface area contributed by atoms with Gasteiger partial charge < -0.3 is 4.57 Å². The van der Waals surface area contributed by atoms with Crippen molar-refractivity contribution in [2.24, 2.45) is 11.3 Å². The number of aromatic nitrogens is 3. The molecule has 2 aromatic rings. The van der Waals surface area contributed by atoms with E-state index in [1.165, 1.54) is 44.2 Å². The first-order chi connectivity index (χ1) is 14.4. The van der Waals surface area contributed by atoms with Crippen LogP contribution in [0.3, 0.4) is 0 Å². The van der Waals surface area contributed by atoms with E-state index >= 15 is 0 Å². The average Bonchev–Trinajstić information content (AvgIpc) is 3.31. The lowest BCUT2D eigenvalue weighted by molar-refractivity contribution is -0.138. The van der Waals surface area contributed by atoms with Crippen LogP contribution in [0.15, 0.2) is 30.6 Å². The van der Waals surface area contributed by atoms with Gasteiger partial charge in [-0.3, -0.25) is 4.90 Å². The van der Waals surface area contributed by atoms with Crippen LogP contribution in [0.2, 0.25) is 0 Å². The maximum absolute atomic E-state index is 13.5. The summed E-state index contributed by atoms with van der Waals surface area (Å²) in [5, 5.41) is 8.76. The minimum Gasteiger partial charge on any atom is -0.317 e. The van der Waals surface area contributed by atoms with Gasteiger partial charge in [0.15, 0.2) is 0 Å². The van der Waals surface area contributed by atoms with Crippen molar-refractivity contribution in [3.05, 3.63) is 47.5 Å². The third-order valence-electron chi connectivity index (χ3n) is 7.39. The SMILES string of the molecule is FC(F)(F)c1ccccc1CN1CC(c2nncn2CC2CC2)C2(CCCCC2)C1. The molecule has 2 aliphatic carbocycles. The smallest absolute Gasteiger partial charge is 0.317 e. The Morgan fingerprint density at radius 1 is 1.07 bits per heavy atom. The Morgan fingerprint density at radius 2 is 1.83 bits per heavy atom. The molecule has 1 aliphatic heterocycles. The van der Waals surface area contributed by atoms with Crippen molar-refractivity contribution in [2.75, 3.05) is 13.1 Å². The number of hydrogen-bond acceptors (Lipinski definition) is 3. The lowest BCUT2D eigenvalue weighted by Crippen LogP contribution is -2.33. The molecule has 2 heterocycles. The summed E-state index contributed by atoms with van der Waals surface area (Å²) in [6.07, 6.45) is 5.98. The van der Waals surface area contributed by atoms with E-state index in [9.17, 15) is 13.2 Å². The molecule has 1 atom stereocenters. The summed E-state index contributed by atoms with van der Waals surface area (Å²) in [7, 11) is 0. The molecule has 2 saturated carbocycles. The summed E-state index contributed by atoms with van der Waals surface area (Å²) in [6, 6.07) is 6.01. The second kappa shape index (κ2) is 7.66. The number of benzene rings is 1. The fourth-order valence-electron chi connectivity index (χ4n) is 5.74. The molecule has 0 bridgehead atoms. The predicted octanol–water partition coefficient (Wildman–Crippen LogP) is 5.26. The molecular formula is C23H29F3N4. The monoisotopic (exact) mass is 418 g/mol. The van der Waals surface area contributed by atoms with E-state index in [0.717, 1.165) is 44.2 Å². The Morgan fingerprint density at radius 3 is 2.57 bits per heavy atom. The van der Waals surface area contributed by atoms with Crippen molar-refractivity contribution in [3.63, 3.8) is 0 Å². The van der Waals surface area contributed by atoms with Crippen molar-refractivity contribution in [1.29, 1.82) is 0 Å². The minimum atomic E-state index is -4.32. The predicted molar refractivity (Wildman–Crippen MR) is 108 cm³/mol.